The molecule has 0 spiro atoms. The molecule has 6 rings (SSSR count). The molecule has 2 fully saturated rings. The fourth-order valence-electron chi connectivity index (χ4n) is 7.30. The number of anilines is 2. The van der Waals surface area contributed by atoms with Gasteiger partial charge in [0.2, 0.25) is 11.8 Å². The zero-order chi connectivity index (χ0) is 38.2. The first-order chi connectivity index (χ1) is 26.1. The molecule has 2 unspecified atom stereocenters. The predicted molar refractivity (Wildman–Crippen MR) is 213 cm³/mol. The van der Waals surface area contributed by atoms with Crippen LogP contribution in [0.4, 0.5) is 21.0 Å². The van der Waals surface area contributed by atoms with Gasteiger partial charge in [-0.25, -0.2) is 9.59 Å². The van der Waals surface area contributed by atoms with Gasteiger partial charge in [0.1, 0.15) is 17.8 Å². The minimum atomic E-state index is -1.03. The lowest BCUT2D eigenvalue weighted by atomic mass is 10.0. The number of hydrogen-bond acceptors (Lipinski definition) is 8. The monoisotopic (exact) mass is 867 g/mol. The van der Waals surface area contributed by atoms with Crippen LogP contribution in [0.3, 0.4) is 0 Å². The van der Waals surface area contributed by atoms with Crippen molar-refractivity contribution in [2.45, 2.75) is 63.2 Å². The fourth-order valence-corrected chi connectivity index (χ4v) is 8.58. The summed E-state index contributed by atoms with van der Waals surface area (Å²) in [7, 11) is 0. The van der Waals surface area contributed by atoms with Gasteiger partial charge in [0, 0.05) is 82.0 Å². The number of carbonyl (C=O) groups is 4. The second-order valence-electron chi connectivity index (χ2n) is 13.9. The number of unbranched alkanes of at least 4 members (excludes halogenated alkanes) is 1. The number of aromatic hydroxyl groups is 1. The number of nitrogens with two attached hydrogens (primary N) is 1. The Morgan fingerprint density at radius 1 is 0.907 bits per heavy atom. The standard InChI is InChI=1S/C38H47Br2N9O5/c39-29-21-25(22-30(40)34(29)50)23-33(45-37(53)48-15-10-28(11-16-48)49-24-26-5-1-2-6-31(26)44-38(49)54)35(51)43-32(7-3-4-12-41)36(52)47-19-17-46(18-20-47)27-8-13-42-14-9-27/h1-2,5-6,8-9,13-14,21-22,28,32-33,50H,3-4,7,10-12,15-20,23-24,41H2,(H,43,51)(H,44,54)(H,45,53). The quantitative estimate of drug-likeness (QED) is 0.167. The molecule has 6 amide bonds. The van der Waals surface area contributed by atoms with Crippen molar-refractivity contribution < 1.29 is 24.3 Å². The highest BCUT2D eigenvalue weighted by molar-refractivity contribution is 9.11. The van der Waals surface area contributed by atoms with E-state index in [1.807, 2.05) is 41.3 Å². The molecule has 6 N–H and O–H groups in total. The number of piperidine rings is 1. The molecular formula is C38H47Br2N9O5. The van der Waals surface area contributed by atoms with Crippen molar-refractivity contribution in [3.8, 4) is 5.75 Å². The number of rotatable bonds is 12. The van der Waals surface area contributed by atoms with Crippen LogP contribution in [0.2, 0.25) is 0 Å². The third-order valence-corrected chi connectivity index (χ3v) is 11.6. The molecule has 0 bridgehead atoms. The molecule has 2 saturated heterocycles. The van der Waals surface area contributed by atoms with Gasteiger partial charge in [-0.3, -0.25) is 14.6 Å². The van der Waals surface area contributed by atoms with Crippen molar-refractivity contribution in [3.05, 3.63) is 81.0 Å². The van der Waals surface area contributed by atoms with Gasteiger partial charge in [0.05, 0.1) is 8.95 Å². The summed E-state index contributed by atoms with van der Waals surface area (Å²) in [5, 5.41) is 19.2. The molecule has 54 heavy (non-hydrogen) atoms. The van der Waals surface area contributed by atoms with E-state index in [4.69, 9.17) is 5.73 Å². The van der Waals surface area contributed by atoms with E-state index < -0.39 is 24.0 Å². The van der Waals surface area contributed by atoms with Crippen LogP contribution in [0.5, 0.6) is 5.75 Å². The van der Waals surface area contributed by atoms with Crippen molar-refractivity contribution in [3.63, 3.8) is 0 Å². The number of hydrogen-bond donors (Lipinski definition) is 5. The van der Waals surface area contributed by atoms with Gasteiger partial charge < -0.3 is 46.4 Å². The molecule has 16 heteroatoms. The maximum atomic E-state index is 14.2. The van der Waals surface area contributed by atoms with Crippen LogP contribution in [0.1, 0.15) is 43.2 Å². The van der Waals surface area contributed by atoms with Crippen LogP contribution in [0.15, 0.2) is 69.9 Å². The summed E-state index contributed by atoms with van der Waals surface area (Å²) in [6.45, 7) is 4.07. The predicted octanol–water partition coefficient (Wildman–Crippen LogP) is 4.41. The van der Waals surface area contributed by atoms with Gasteiger partial charge in [0.25, 0.3) is 0 Å². The topological polar surface area (TPSA) is 176 Å². The maximum absolute atomic E-state index is 14.2. The summed E-state index contributed by atoms with van der Waals surface area (Å²) >= 11 is 6.74. The fraction of sp³-hybridized carbons (Fsp3) is 0.447. The first-order valence-electron chi connectivity index (χ1n) is 18.4. The number of likely N-dealkylation sites (tertiary alicyclic amines) is 1. The Balaban J connectivity index is 1.13. The van der Waals surface area contributed by atoms with Crippen molar-refractivity contribution in [2.24, 2.45) is 5.73 Å². The molecule has 2 atom stereocenters. The number of piperazine rings is 1. The van der Waals surface area contributed by atoms with E-state index in [9.17, 15) is 24.3 Å². The summed E-state index contributed by atoms with van der Waals surface area (Å²) in [5.74, 6) is -0.628. The number of halogens is 2. The molecule has 288 valence electrons. The highest BCUT2D eigenvalue weighted by Gasteiger charge is 2.35. The number of amides is 6. The number of nitrogens with zero attached hydrogens (tertiary/aromatic N) is 5. The Labute approximate surface area is 332 Å². The number of carbonyl (C=O) groups excluding carboxylic acids is 4. The summed E-state index contributed by atoms with van der Waals surface area (Å²) in [5.41, 5.74) is 9.38. The van der Waals surface area contributed by atoms with E-state index in [1.54, 1.807) is 34.3 Å². The van der Waals surface area contributed by atoms with E-state index in [-0.39, 0.29) is 30.2 Å². The van der Waals surface area contributed by atoms with Crippen LogP contribution >= 0.6 is 31.9 Å². The number of nitrogens with one attached hydrogen (secondary N) is 3. The van der Waals surface area contributed by atoms with Gasteiger partial charge >= 0.3 is 12.1 Å². The van der Waals surface area contributed by atoms with Crippen LogP contribution in [-0.2, 0) is 22.6 Å². The van der Waals surface area contributed by atoms with Crippen molar-refractivity contribution in [1.82, 2.24) is 30.3 Å². The molecule has 3 aliphatic rings. The maximum Gasteiger partial charge on any atom is 0.322 e. The molecule has 4 heterocycles. The molecule has 14 nitrogen and oxygen atoms in total. The normalized spacial score (nSPS) is 17.4. The van der Waals surface area contributed by atoms with Crippen molar-refractivity contribution >= 4 is 67.1 Å². The van der Waals surface area contributed by atoms with Gasteiger partial charge in [-0.2, -0.15) is 0 Å². The number of fused-ring (bicyclic) bond motifs is 1. The van der Waals surface area contributed by atoms with E-state index in [2.05, 4.69) is 57.7 Å². The number of aromatic nitrogens is 1. The van der Waals surface area contributed by atoms with E-state index >= 15 is 0 Å². The Morgan fingerprint density at radius 2 is 1.59 bits per heavy atom. The lowest BCUT2D eigenvalue weighted by molar-refractivity contribution is -0.137. The first-order valence-corrected chi connectivity index (χ1v) is 20.0. The molecule has 0 aliphatic carbocycles. The Bertz CT molecular complexity index is 1780. The number of phenols is 1. The zero-order valence-electron chi connectivity index (χ0n) is 30.1. The number of pyridine rings is 1. The third-order valence-electron chi connectivity index (χ3n) is 10.4. The smallest absolute Gasteiger partial charge is 0.322 e. The average Bonchev–Trinajstić information content (AvgIpc) is 3.19. The Hall–Kier alpha value is -4.41. The summed E-state index contributed by atoms with van der Waals surface area (Å²) in [6, 6.07) is 12.6. The Morgan fingerprint density at radius 3 is 2.28 bits per heavy atom. The summed E-state index contributed by atoms with van der Waals surface area (Å²) in [4.78, 5) is 66.5. The molecular weight excluding hydrogens is 822 g/mol. The molecule has 1 aromatic heterocycles. The second-order valence-corrected chi connectivity index (χ2v) is 15.6. The summed E-state index contributed by atoms with van der Waals surface area (Å²) < 4.78 is 0.870. The highest BCUT2D eigenvalue weighted by atomic mass is 79.9. The molecule has 0 saturated carbocycles. The third kappa shape index (κ3) is 9.63. The Kier molecular flexibility index (Phi) is 13.3. The SMILES string of the molecule is NCCCCC(NC(=O)C(Cc1cc(Br)c(O)c(Br)c1)NC(=O)N1CCC(N2Cc3ccccc3NC2=O)CC1)C(=O)N1CCN(c2ccncc2)CC1. The highest BCUT2D eigenvalue weighted by Crippen LogP contribution is 2.34. The number of phenolic OH excluding ortho intramolecular Hbond substituents is 1. The van der Waals surface area contributed by atoms with Crippen LogP contribution in [0.25, 0.3) is 0 Å². The molecule has 3 aromatic rings. The number of benzene rings is 2. The largest absolute Gasteiger partial charge is 0.506 e. The van der Waals surface area contributed by atoms with Crippen molar-refractivity contribution in [1.29, 1.82) is 0 Å². The first kappa shape index (κ1) is 39.3. The number of para-hydroxylation sites is 1. The van der Waals surface area contributed by atoms with Gasteiger partial charge in [-0.05, 0) is 112 Å². The van der Waals surface area contributed by atoms with E-state index in [1.165, 1.54) is 0 Å². The molecule has 2 aromatic carbocycles. The van der Waals surface area contributed by atoms with Crippen LogP contribution in [-0.4, -0.2) is 113 Å². The average molecular weight is 870 g/mol. The van der Waals surface area contributed by atoms with Crippen LogP contribution in [0, 0.1) is 0 Å². The van der Waals surface area contributed by atoms with Gasteiger partial charge in [0.15, 0.2) is 0 Å². The summed E-state index contributed by atoms with van der Waals surface area (Å²) in [6.07, 6.45) is 6.53. The second kappa shape index (κ2) is 18.3. The van der Waals surface area contributed by atoms with Crippen molar-refractivity contribution in [2.75, 3.05) is 56.0 Å². The van der Waals surface area contributed by atoms with E-state index in [0.717, 1.165) is 16.9 Å². The van der Waals surface area contributed by atoms with E-state index in [0.29, 0.717) is 99.0 Å². The molecule has 3 aliphatic heterocycles. The zero-order valence-corrected chi connectivity index (χ0v) is 33.2. The van der Waals surface area contributed by atoms with Gasteiger partial charge in [-0.15, -0.1) is 0 Å². The van der Waals surface area contributed by atoms with Gasteiger partial charge in [-0.1, -0.05) is 18.2 Å². The lowest BCUT2D eigenvalue weighted by Gasteiger charge is -2.40. The minimum absolute atomic E-state index is 0.0205. The number of urea groups is 2. The minimum Gasteiger partial charge on any atom is -0.506 e. The van der Waals surface area contributed by atoms with Crippen LogP contribution < -0.4 is 26.6 Å². The lowest BCUT2D eigenvalue weighted by Crippen LogP contribution is -2.59. The molecule has 0 radical (unpaired) electrons.